The Morgan fingerprint density at radius 1 is 1.31 bits per heavy atom. The number of benzene rings is 1. The summed E-state index contributed by atoms with van der Waals surface area (Å²) in [5.41, 5.74) is 4.26. The molecule has 0 atom stereocenters. The fourth-order valence-electron chi connectivity index (χ4n) is 1.15. The normalized spacial score (nSPS) is 10.6. The highest BCUT2D eigenvalue weighted by Crippen LogP contribution is 2.22. The minimum absolute atomic E-state index is 0.216. The third-order valence-electron chi connectivity index (χ3n) is 1.97. The number of hydrogen-bond acceptors (Lipinski definition) is 4. The summed E-state index contributed by atoms with van der Waals surface area (Å²) in [7, 11) is 0. The van der Waals surface area contributed by atoms with Crippen LogP contribution in [-0.2, 0) is 12.3 Å². The minimum Gasteiger partial charge on any atom is -0.410 e. The number of rotatable bonds is 4. The van der Waals surface area contributed by atoms with E-state index in [1.54, 1.807) is 18.2 Å². The van der Waals surface area contributed by atoms with Crippen molar-refractivity contribution in [2.45, 2.75) is 17.5 Å². The van der Waals surface area contributed by atoms with Crippen molar-refractivity contribution < 1.29 is 14.5 Å². The van der Waals surface area contributed by atoms with E-state index in [0.717, 1.165) is 0 Å². The lowest BCUT2D eigenvalue weighted by molar-refractivity contribution is -0.391. The summed E-state index contributed by atoms with van der Waals surface area (Å²) in [5, 5.41) is 8.04. The van der Waals surface area contributed by atoms with Gasteiger partial charge in [0.05, 0.1) is 0 Å². The summed E-state index contributed by atoms with van der Waals surface area (Å²) in [4.78, 5) is 0. The molecule has 0 unspecified atom stereocenters. The maximum atomic E-state index is 13.3. The maximum absolute atomic E-state index is 13.3. The first-order valence-electron chi connectivity index (χ1n) is 4.77. The third-order valence-corrected chi connectivity index (χ3v) is 2.84. The van der Waals surface area contributed by atoms with Gasteiger partial charge in [0.1, 0.15) is 5.82 Å². The van der Waals surface area contributed by atoms with Crippen molar-refractivity contribution in [2.75, 3.05) is 0 Å². The second-order valence-electron chi connectivity index (χ2n) is 3.09. The lowest BCUT2D eigenvalue weighted by Crippen LogP contribution is -2.47. The molecule has 4 nitrogen and oxygen atoms in total. The number of aromatic nitrogens is 2. The molecule has 0 bridgehead atoms. The largest absolute Gasteiger partial charge is 0.410 e. The Bertz CT molecular complexity index is 475. The van der Waals surface area contributed by atoms with Crippen LogP contribution in [0.4, 0.5) is 4.39 Å². The molecule has 3 N–H and O–H groups in total. The quantitative estimate of drug-likeness (QED) is 0.816. The molecule has 84 valence electrons. The van der Waals surface area contributed by atoms with Gasteiger partial charge >= 0.3 is 0 Å². The van der Waals surface area contributed by atoms with E-state index in [1.807, 2.05) is 0 Å². The lowest BCUT2D eigenvalue weighted by Gasteiger charge is -1.99. The zero-order chi connectivity index (χ0) is 11.4. The molecular weight excluding hydrogens is 229 g/mol. The van der Waals surface area contributed by atoms with Gasteiger partial charge in [0.15, 0.2) is 6.54 Å². The Labute approximate surface area is 96.0 Å². The van der Waals surface area contributed by atoms with Gasteiger partial charge in [-0.2, -0.15) is 0 Å². The zero-order valence-electron chi connectivity index (χ0n) is 8.52. The summed E-state index contributed by atoms with van der Waals surface area (Å²) in [5.74, 6) is 0.758. The molecule has 1 aromatic carbocycles. The van der Waals surface area contributed by atoms with Crippen LogP contribution in [0.2, 0.25) is 0 Å². The summed E-state index contributed by atoms with van der Waals surface area (Å²) < 4.78 is 18.5. The van der Waals surface area contributed by atoms with Crippen molar-refractivity contribution >= 4 is 11.8 Å². The molecule has 0 radical (unpaired) electrons. The number of thioether (sulfide) groups is 1. The molecule has 0 aliphatic heterocycles. The van der Waals surface area contributed by atoms with Crippen molar-refractivity contribution in [1.29, 1.82) is 0 Å². The standard InChI is InChI=1S/C10H10FN3OS/c11-8-4-2-1-3-7(8)6-16-10-14-13-9(5-12)15-10/h1-4H,5-6,12H2/p+1. The summed E-state index contributed by atoms with van der Waals surface area (Å²) >= 11 is 1.32. The van der Waals surface area contributed by atoms with E-state index < -0.39 is 0 Å². The van der Waals surface area contributed by atoms with Gasteiger partial charge < -0.3 is 10.2 Å². The number of hydrogen-bond donors (Lipinski definition) is 1. The van der Waals surface area contributed by atoms with Crippen molar-refractivity contribution in [3.63, 3.8) is 0 Å². The molecule has 0 amide bonds. The van der Waals surface area contributed by atoms with Crippen molar-refractivity contribution in [2.24, 2.45) is 0 Å². The lowest BCUT2D eigenvalue weighted by atomic mass is 10.2. The van der Waals surface area contributed by atoms with Gasteiger partial charge in [-0.3, -0.25) is 0 Å². The second kappa shape index (κ2) is 5.09. The minimum atomic E-state index is -0.216. The highest BCUT2D eigenvalue weighted by molar-refractivity contribution is 7.98. The van der Waals surface area contributed by atoms with Crippen molar-refractivity contribution in [3.05, 3.63) is 41.5 Å². The first-order chi connectivity index (χ1) is 7.79. The molecule has 0 aliphatic carbocycles. The van der Waals surface area contributed by atoms with Gasteiger partial charge in [0.25, 0.3) is 11.1 Å². The highest BCUT2D eigenvalue weighted by atomic mass is 32.2. The molecule has 0 aliphatic rings. The van der Waals surface area contributed by atoms with Crippen LogP contribution in [0.1, 0.15) is 11.5 Å². The molecule has 2 aromatic rings. The van der Waals surface area contributed by atoms with E-state index in [2.05, 4.69) is 15.9 Å². The Morgan fingerprint density at radius 2 is 2.12 bits per heavy atom. The predicted octanol–water partition coefficient (Wildman–Crippen LogP) is 1.24. The molecule has 0 saturated carbocycles. The predicted molar refractivity (Wildman–Crippen MR) is 56.9 cm³/mol. The van der Waals surface area contributed by atoms with Gasteiger partial charge in [0.2, 0.25) is 0 Å². The van der Waals surface area contributed by atoms with Gasteiger partial charge in [-0.05, 0) is 11.6 Å². The van der Waals surface area contributed by atoms with Crippen LogP contribution >= 0.6 is 11.8 Å². The molecule has 2 rings (SSSR count). The molecule has 6 heteroatoms. The summed E-state index contributed by atoms with van der Waals surface area (Å²) in [6.45, 7) is 0.466. The number of quaternary nitrogens is 1. The van der Waals surface area contributed by atoms with Crippen molar-refractivity contribution in [3.8, 4) is 0 Å². The van der Waals surface area contributed by atoms with Crippen LogP contribution in [0.5, 0.6) is 0 Å². The highest BCUT2D eigenvalue weighted by Gasteiger charge is 2.08. The van der Waals surface area contributed by atoms with Crippen LogP contribution < -0.4 is 5.73 Å². The first-order valence-corrected chi connectivity index (χ1v) is 5.76. The van der Waals surface area contributed by atoms with Gasteiger partial charge in [0, 0.05) is 5.75 Å². The number of halogens is 1. The number of nitrogens with zero attached hydrogens (tertiary/aromatic N) is 2. The summed E-state index contributed by atoms with van der Waals surface area (Å²) in [6, 6.07) is 6.64. The fraction of sp³-hybridized carbons (Fsp3) is 0.200. The molecule has 0 spiro atoms. The third kappa shape index (κ3) is 2.59. The molecule has 1 aromatic heterocycles. The van der Waals surface area contributed by atoms with E-state index >= 15 is 0 Å². The van der Waals surface area contributed by atoms with E-state index in [0.29, 0.717) is 29.0 Å². The van der Waals surface area contributed by atoms with Crippen LogP contribution in [0.3, 0.4) is 0 Å². The van der Waals surface area contributed by atoms with E-state index in [9.17, 15) is 4.39 Å². The topological polar surface area (TPSA) is 66.6 Å². The Balaban J connectivity index is 1.99. The molecule has 1 heterocycles. The SMILES string of the molecule is [NH3+]Cc1nnc(SCc2ccccc2F)o1. The van der Waals surface area contributed by atoms with Crippen LogP contribution in [0, 0.1) is 5.82 Å². The average molecular weight is 240 g/mol. The monoisotopic (exact) mass is 240 g/mol. The van der Waals surface area contributed by atoms with Crippen LogP contribution in [0.15, 0.2) is 33.9 Å². The Kier molecular flexibility index (Phi) is 3.53. The van der Waals surface area contributed by atoms with E-state index in [4.69, 9.17) is 4.42 Å². The van der Waals surface area contributed by atoms with Gasteiger partial charge in [-0.1, -0.05) is 30.0 Å². The van der Waals surface area contributed by atoms with Crippen LogP contribution in [-0.4, -0.2) is 10.2 Å². The Hall–Kier alpha value is -1.40. The van der Waals surface area contributed by atoms with Crippen molar-refractivity contribution in [1.82, 2.24) is 10.2 Å². The Morgan fingerprint density at radius 3 is 2.81 bits per heavy atom. The smallest absolute Gasteiger partial charge is 0.277 e. The van der Waals surface area contributed by atoms with E-state index in [-0.39, 0.29) is 5.82 Å². The zero-order valence-corrected chi connectivity index (χ0v) is 9.34. The van der Waals surface area contributed by atoms with Gasteiger partial charge in [-0.15, -0.1) is 10.2 Å². The molecular formula is C10H11FN3OS+. The molecule has 0 saturated heterocycles. The molecule has 16 heavy (non-hydrogen) atoms. The maximum Gasteiger partial charge on any atom is 0.277 e. The molecule has 0 fully saturated rings. The van der Waals surface area contributed by atoms with Crippen LogP contribution in [0.25, 0.3) is 0 Å². The fourth-order valence-corrected chi connectivity index (χ4v) is 1.92. The second-order valence-corrected chi connectivity index (χ2v) is 4.02. The summed E-state index contributed by atoms with van der Waals surface area (Å²) in [6.07, 6.45) is 0. The first kappa shape index (κ1) is 11.1. The van der Waals surface area contributed by atoms with E-state index in [1.165, 1.54) is 17.8 Å². The van der Waals surface area contributed by atoms with Gasteiger partial charge in [-0.25, -0.2) is 4.39 Å². The average Bonchev–Trinajstić information content (AvgIpc) is 2.76.